The number of carbonyl (C=O) groups is 1. The molecule has 60 valence electrons. The number of aliphatic hydroxyl groups excluding tert-OH is 1. The molecule has 0 fully saturated rings. The average molecular weight is 153 g/mol. The first-order valence-electron chi connectivity index (χ1n) is 3.30. The Bertz CT molecular complexity index is 179. The SMILES string of the molecule is C#CCNC(=O)/C=C/CCO. The highest BCUT2D eigenvalue weighted by Crippen LogP contribution is 1.79. The predicted molar refractivity (Wildman–Crippen MR) is 42.7 cm³/mol. The highest BCUT2D eigenvalue weighted by molar-refractivity contribution is 5.87. The molecule has 0 aromatic heterocycles. The van der Waals surface area contributed by atoms with Gasteiger partial charge in [0.1, 0.15) is 0 Å². The second-order valence-electron chi connectivity index (χ2n) is 1.84. The van der Waals surface area contributed by atoms with Gasteiger partial charge in [-0.1, -0.05) is 12.0 Å². The minimum absolute atomic E-state index is 0.0545. The van der Waals surface area contributed by atoms with Crippen LogP contribution in [0, 0.1) is 12.3 Å². The van der Waals surface area contributed by atoms with Gasteiger partial charge in [-0.05, 0) is 12.5 Å². The van der Waals surface area contributed by atoms with E-state index >= 15 is 0 Å². The lowest BCUT2D eigenvalue weighted by Gasteiger charge is -1.92. The fourth-order valence-corrected chi connectivity index (χ4v) is 0.462. The molecule has 0 spiro atoms. The molecule has 1 amide bonds. The zero-order valence-electron chi connectivity index (χ0n) is 6.21. The van der Waals surface area contributed by atoms with Gasteiger partial charge in [0, 0.05) is 6.61 Å². The Morgan fingerprint density at radius 1 is 1.73 bits per heavy atom. The summed E-state index contributed by atoms with van der Waals surface area (Å²) in [5, 5.41) is 10.8. The zero-order valence-corrected chi connectivity index (χ0v) is 6.21. The lowest BCUT2D eigenvalue weighted by molar-refractivity contribution is -0.116. The number of nitrogens with one attached hydrogen (secondary N) is 1. The van der Waals surface area contributed by atoms with Crippen molar-refractivity contribution in [3.63, 3.8) is 0 Å². The highest BCUT2D eigenvalue weighted by Gasteiger charge is 1.89. The first-order chi connectivity index (χ1) is 5.31. The van der Waals surface area contributed by atoms with Crippen molar-refractivity contribution in [2.24, 2.45) is 0 Å². The lowest BCUT2D eigenvalue weighted by atomic mass is 10.4. The molecule has 2 N–H and O–H groups in total. The molecule has 0 atom stereocenters. The fraction of sp³-hybridized carbons (Fsp3) is 0.375. The summed E-state index contributed by atoms with van der Waals surface area (Å²) in [5.74, 6) is 2.05. The number of amides is 1. The van der Waals surface area contributed by atoms with E-state index < -0.39 is 0 Å². The van der Waals surface area contributed by atoms with Gasteiger partial charge in [-0.25, -0.2) is 0 Å². The fourth-order valence-electron chi connectivity index (χ4n) is 0.462. The largest absolute Gasteiger partial charge is 0.396 e. The van der Waals surface area contributed by atoms with Gasteiger partial charge in [0.05, 0.1) is 6.54 Å². The molecule has 0 rings (SSSR count). The number of terminal acetylenes is 1. The highest BCUT2D eigenvalue weighted by atomic mass is 16.2. The summed E-state index contributed by atoms with van der Waals surface area (Å²) in [6.07, 6.45) is 8.34. The summed E-state index contributed by atoms with van der Waals surface area (Å²) in [4.78, 5) is 10.7. The predicted octanol–water partition coefficient (Wildman–Crippen LogP) is -0.326. The third-order valence-electron chi connectivity index (χ3n) is 0.930. The minimum atomic E-state index is -0.226. The molecule has 0 aromatic rings. The van der Waals surface area contributed by atoms with Crippen LogP contribution in [0.4, 0.5) is 0 Å². The number of rotatable bonds is 4. The first kappa shape index (κ1) is 9.73. The third kappa shape index (κ3) is 6.62. The molecule has 11 heavy (non-hydrogen) atoms. The van der Waals surface area contributed by atoms with E-state index in [4.69, 9.17) is 11.5 Å². The second-order valence-corrected chi connectivity index (χ2v) is 1.84. The van der Waals surface area contributed by atoms with Gasteiger partial charge in [0.25, 0.3) is 0 Å². The van der Waals surface area contributed by atoms with E-state index in [-0.39, 0.29) is 19.1 Å². The first-order valence-corrected chi connectivity index (χ1v) is 3.30. The molecule has 3 nitrogen and oxygen atoms in total. The van der Waals surface area contributed by atoms with Gasteiger partial charge in [-0.15, -0.1) is 6.42 Å². The van der Waals surface area contributed by atoms with E-state index in [1.807, 2.05) is 0 Å². The summed E-state index contributed by atoms with van der Waals surface area (Å²) in [5.41, 5.74) is 0. The Hall–Kier alpha value is -1.27. The molecule has 0 saturated carbocycles. The smallest absolute Gasteiger partial charge is 0.244 e. The van der Waals surface area contributed by atoms with Gasteiger partial charge in [0.15, 0.2) is 0 Å². The summed E-state index contributed by atoms with van der Waals surface area (Å²) >= 11 is 0. The van der Waals surface area contributed by atoms with Crippen molar-refractivity contribution in [3.05, 3.63) is 12.2 Å². The quantitative estimate of drug-likeness (QED) is 0.429. The zero-order chi connectivity index (χ0) is 8.53. The normalized spacial score (nSPS) is 9.45. The molecule has 3 heteroatoms. The molecule has 0 bridgehead atoms. The molecule has 0 saturated heterocycles. The summed E-state index contributed by atoms with van der Waals surface area (Å²) in [6.45, 7) is 0.293. The maximum absolute atomic E-state index is 10.7. The van der Waals surface area contributed by atoms with Crippen LogP contribution in [0.15, 0.2) is 12.2 Å². The van der Waals surface area contributed by atoms with E-state index in [2.05, 4.69) is 11.2 Å². The summed E-state index contributed by atoms with van der Waals surface area (Å²) in [7, 11) is 0. The molecule has 0 aliphatic carbocycles. The lowest BCUT2D eigenvalue weighted by Crippen LogP contribution is -2.20. The van der Waals surface area contributed by atoms with Crippen LogP contribution >= 0.6 is 0 Å². The molecular weight excluding hydrogens is 142 g/mol. The molecule has 0 aliphatic heterocycles. The average Bonchev–Trinajstić information content (AvgIpc) is 2.01. The number of hydrogen-bond acceptors (Lipinski definition) is 2. The summed E-state index contributed by atoms with van der Waals surface area (Å²) < 4.78 is 0. The third-order valence-corrected chi connectivity index (χ3v) is 0.930. The Morgan fingerprint density at radius 3 is 3.00 bits per heavy atom. The number of aliphatic hydroxyl groups is 1. The molecule has 0 unspecified atom stereocenters. The van der Waals surface area contributed by atoms with E-state index in [1.165, 1.54) is 6.08 Å². The standard InChI is InChI=1S/C8H11NO2/c1-2-6-9-8(11)5-3-4-7-10/h1,3,5,10H,4,6-7H2,(H,9,11)/b5-3+. The molecule has 0 aromatic carbocycles. The van der Waals surface area contributed by atoms with Gasteiger partial charge < -0.3 is 10.4 Å². The number of hydrogen-bond donors (Lipinski definition) is 2. The van der Waals surface area contributed by atoms with E-state index in [0.717, 1.165) is 0 Å². The van der Waals surface area contributed by atoms with Crippen molar-refractivity contribution < 1.29 is 9.90 Å². The van der Waals surface area contributed by atoms with Crippen LogP contribution in [0.25, 0.3) is 0 Å². The van der Waals surface area contributed by atoms with Crippen LogP contribution in [0.3, 0.4) is 0 Å². The van der Waals surface area contributed by atoms with Crippen LogP contribution in [0.2, 0.25) is 0 Å². The van der Waals surface area contributed by atoms with Crippen molar-refractivity contribution >= 4 is 5.91 Å². The topological polar surface area (TPSA) is 49.3 Å². The molecule has 0 heterocycles. The second kappa shape index (κ2) is 6.84. The Balaban J connectivity index is 3.45. The maximum atomic E-state index is 10.7. The van der Waals surface area contributed by atoms with Gasteiger partial charge in [-0.2, -0.15) is 0 Å². The van der Waals surface area contributed by atoms with Crippen molar-refractivity contribution in [2.75, 3.05) is 13.2 Å². The molecular formula is C8H11NO2. The van der Waals surface area contributed by atoms with Gasteiger partial charge in [0.2, 0.25) is 5.91 Å². The van der Waals surface area contributed by atoms with Crippen molar-refractivity contribution in [2.45, 2.75) is 6.42 Å². The van der Waals surface area contributed by atoms with Crippen LogP contribution < -0.4 is 5.32 Å². The van der Waals surface area contributed by atoms with E-state index in [0.29, 0.717) is 6.42 Å². The summed E-state index contributed by atoms with van der Waals surface area (Å²) in [6, 6.07) is 0. The Morgan fingerprint density at radius 2 is 2.45 bits per heavy atom. The van der Waals surface area contributed by atoms with Crippen LogP contribution in [0.1, 0.15) is 6.42 Å². The minimum Gasteiger partial charge on any atom is -0.396 e. The molecule has 0 aliphatic rings. The van der Waals surface area contributed by atoms with Gasteiger partial charge >= 0.3 is 0 Å². The van der Waals surface area contributed by atoms with Gasteiger partial charge in [-0.3, -0.25) is 4.79 Å². The monoisotopic (exact) mass is 153 g/mol. The van der Waals surface area contributed by atoms with Crippen molar-refractivity contribution in [1.82, 2.24) is 5.32 Å². The maximum Gasteiger partial charge on any atom is 0.244 e. The van der Waals surface area contributed by atoms with E-state index in [9.17, 15) is 4.79 Å². The van der Waals surface area contributed by atoms with Crippen LogP contribution in [0.5, 0.6) is 0 Å². The Kier molecular flexibility index (Phi) is 6.05. The van der Waals surface area contributed by atoms with E-state index in [1.54, 1.807) is 6.08 Å². The van der Waals surface area contributed by atoms with Crippen molar-refractivity contribution in [3.8, 4) is 12.3 Å². The van der Waals surface area contributed by atoms with Crippen molar-refractivity contribution in [1.29, 1.82) is 0 Å². The van der Waals surface area contributed by atoms with Crippen LogP contribution in [-0.2, 0) is 4.79 Å². The number of carbonyl (C=O) groups excluding carboxylic acids is 1. The molecule has 0 radical (unpaired) electrons. The van der Waals surface area contributed by atoms with Crippen LogP contribution in [-0.4, -0.2) is 24.2 Å². The Labute approximate surface area is 66.1 Å².